The Morgan fingerprint density at radius 3 is 2.48 bits per heavy atom. The van der Waals surface area contributed by atoms with Gasteiger partial charge in [0.2, 0.25) is 0 Å². The van der Waals surface area contributed by atoms with Crippen LogP contribution in [0.15, 0.2) is 48.5 Å². The highest BCUT2D eigenvalue weighted by Gasteiger charge is 2.09. The van der Waals surface area contributed by atoms with Crippen LogP contribution < -0.4 is 15.4 Å². The summed E-state index contributed by atoms with van der Waals surface area (Å²) in [4.78, 5) is 2.34. The molecule has 0 bridgehead atoms. The van der Waals surface area contributed by atoms with Gasteiger partial charge in [-0.2, -0.15) is 0 Å². The van der Waals surface area contributed by atoms with Crippen LogP contribution in [0.3, 0.4) is 0 Å². The summed E-state index contributed by atoms with van der Waals surface area (Å²) in [5.74, 6) is 0.835. The monoisotopic (exact) mass is 284 g/mol. The molecule has 0 fully saturated rings. The second-order valence-corrected chi connectivity index (χ2v) is 5.10. The van der Waals surface area contributed by atoms with E-state index < -0.39 is 0 Å². The first-order valence-electron chi connectivity index (χ1n) is 7.55. The summed E-state index contributed by atoms with van der Waals surface area (Å²) in [5.41, 5.74) is 9.16. The molecule has 3 heteroatoms. The van der Waals surface area contributed by atoms with Crippen molar-refractivity contribution in [1.29, 1.82) is 0 Å². The summed E-state index contributed by atoms with van der Waals surface area (Å²) in [6.45, 7) is 6.69. The largest absolute Gasteiger partial charge is 0.494 e. The Morgan fingerprint density at radius 1 is 1.05 bits per heavy atom. The van der Waals surface area contributed by atoms with Gasteiger partial charge in [0.1, 0.15) is 5.75 Å². The number of hydrogen-bond acceptors (Lipinski definition) is 3. The summed E-state index contributed by atoms with van der Waals surface area (Å²) in [6, 6.07) is 16.5. The third-order valence-corrected chi connectivity index (χ3v) is 3.30. The van der Waals surface area contributed by atoms with Crippen molar-refractivity contribution in [3.8, 4) is 5.75 Å². The van der Waals surface area contributed by atoms with Gasteiger partial charge in [0.05, 0.1) is 6.61 Å². The van der Waals surface area contributed by atoms with Crippen LogP contribution in [-0.4, -0.2) is 13.2 Å². The van der Waals surface area contributed by atoms with E-state index in [9.17, 15) is 0 Å². The zero-order chi connectivity index (χ0) is 15.1. The van der Waals surface area contributed by atoms with Crippen molar-refractivity contribution in [3.05, 3.63) is 54.1 Å². The second kappa shape index (κ2) is 7.58. The van der Waals surface area contributed by atoms with E-state index in [0.717, 1.165) is 36.6 Å². The van der Waals surface area contributed by atoms with Crippen LogP contribution in [0.2, 0.25) is 0 Å². The van der Waals surface area contributed by atoms with E-state index in [4.69, 9.17) is 10.5 Å². The minimum absolute atomic E-state index is 0.648. The standard InChI is InChI=1S/C18H24N2O/c1-3-10-20(14-15-8-6-5-7-9-15)17-11-16(19)12-18(13-17)21-4-2/h5-9,11-13H,3-4,10,14,19H2,1-2H3. The number of rotatable bonds is 7. The van der Waals surface area contributed by atoms with Crippen LogP contribution in [0.25, 0.3) is 0 Å². The number of nitrogens with zero attached hydrogens (tertiary/aromatic N) is 1. The maximum atomic E-state index is 6.01. The molecule has 0 spiro atoms. The molecule has 0 aromatic heterocycles. The molecule has 21 heavy (non-hydrogen) atoms. The Balaban J connectivity index is 2.24. The van der Waals surface area contributed by atoms with E-state index >= 15 is 0 Å². The normalized spacial score (nSPS) is 10.4. The molecule has 0 unspecified atom stereocenters. The molecule has 0 atom stereocenters. The van der Waals surface area contributed by atoms with Crippen LogP contribution in [0, 0.1) is 0 Å². The van der Waals surface area contributed by atoms with Gasteiger partial charge in [0, 0.05) is 36.6 Å². The summed E-state index contributed by atoms with van der Waals surface area (Å²) < 4.78 is 5.60. The average Bonchev–Trinajstić information content (AvgIpc) is 2.48. The fourth-order valence-corrected chi connectivity index (χ4v) is 2.41. The maximum absolute atomic E-state index is 6.01. The SMILES string of the molecule is CCCN(Cc1ccccc1)c1cc(N)cc(OCC)c1. The lowest BCUT2D eigenvalue weighted by Crippen LogP contribution is -2.23. The Hall–Kier alpha value is -2.16. The Labute approximate surface area is 127 Å². The molecule has 112 valence electrons. The highest BCUT2D eigenvalue weighted by molar-refractivity contribution is 5.60. The summed E-state index contributed by atoms with van der Waals surface area (Å²) in [7, 11) is 0. The lowest BCUT2D eigenvalue weighted by Gasteiger charge is -2.25. The van der Waals surface area contributed by atoms with Gasteiger partial charge in [-0.05, 0) is 25.0 Å². The maximum Gasteiger partial charge on any atom is 0.123 e. The molecule has 0 aliphatic heterocycles. The molecule has 2 rings (SSSR count). The number of hydrogen-bond donors (Lipinski definition) is 1. The fraction of sp³-hybridized carbons (Fsp3) is 0.333. The van der Waals surface area contributed by atoms with Crippen molar-refractivity contribution < 1.29 is 4.74 Å². The lowest BCUT2D eigenvalue weighted by atomic mass is 10.1. The van der Waals surface area contributed by atoms with Crippen molar-refractivity contribution in [2.24, 2.45) is 0 Å². The quantitative estimate of drug-likeness (QED) is 0.778. The van der Waals surface area contributed by atoms with E-state index in [-0.39, 0.29) is 0 Å². The predicted octanol–water partition coefficient (Wildman–Crippen LogP) is 4.08. The molecule has 0 radical (unpaired) electrons. The van der Waals surface area contributed by atoms with Gasteiger partial charge in [-0.15, -0.1) is 0 Å². The van der Waals surface area contributed by atoms with Gasteiger partial charge in [0.25, 0.3) is 0 Å². The van der Waals surface area contributed by atoms with Crippen molar-refractivity contribution >= 4 is 11.4 Å². The Bertz CT molecular complexity index is 554. The summed E-state index contributed by atoms with van der Waals surface area (Å²) >= 11 is 0. The first kappa shape index (κ1) is 15.2. The number of nitrogen functional groups attached to an aromatic ring is 1. The zero-order valence-electron chi connectivity index (χ0n) is 12.9. The van der Waals surface area contributed by atoms with Gasteiger partial charge < -0.3 is 15.4 Å². The number of nitrogens with two attached hydrogens (primary N) is 1. The number of benzene rings is 2. The van der Waals surface area contributed by atoms with E-state index in [0.29, 0.717) is 6.61 Å². The molecule has 0 heterocycles. The minimum Gasteiger partial charge on any atom is -0.494 e. The van der Waals surface area contributed by atoms with Crippen LogP contribution in [0.4, 0.5) is 11.4 Å². The highest BCUT2D eigenvalue weighted by Crippen LogP contribution is 2.27. The average molecular weight is 284 g/mol. The van der Waals surface area contributed by atoms with Crippen molar-refractivity contribution in [3.63, 3.8) is 0 Å². The van der Waals surface area contributed by atoms with E-state index in [1.165, 1.54) is 5.56 Å². The predicted molar refractivity (Wildman–Crippen MR) is 89.8 cm³/mol. The van der Waals surface area contributed by atoms with E-state index in [1.54, 1.807) is 0 Å². The van der Waals surface area contributed by atoms with Gasteiger partial charge in [-0.25, -0.2) is 0 Å². The molecule has 2 N–H and O–H groups in total. The first-order chi connectivity index (χ1) is 10.2. The van der Waals surface area contributed by atoms with Crippen molar-refractivity contribution in [2.45, 2.75) is 26.8 Å². The smallest absolute Gasteiger partial charge is 0.123 e. The molecular formula is C18H24N2O. The highest BCUT2D eigenvalue weighted by atomic mass is 16.5. The number of ether oxygens (including phenoxy) is 1. The minimum atomic E-state index is 0.648. The van der Waals surface area contributed by atoms with E-state index in [1.807, 2.05) is 25.1 Å². The molecule has 3 nitrogen and oxygen atoms in total. The van der Waals surface area contributed by atoms with E-state index in [2.05, 4.69) is 42.2 Å². The van der Waals surface area contributed by atoms with Crippen molar-refractivity contribution in [1.82, 2.24) is 0 Å². The fourth-order valence-electron chi connectivity index (χ4n) is 2.41. The first-order valence-corrected chi connectivity index (χ1v) is 7.55. The van der Waals surface area contributed by atoms with Crippen LogP contribution in [-0.2, 0) is 6.54 Å². The second-order valence-electron chi connectivity index (χ2n) is 5.10. The Kier molecular flexibility index (Phi) is 5.50. The third-order valence-electron chi connectivity index (χ3n) is 3.30. The molecule has 0 saturated heterocycles. The molecule has 0 amide bonds. The molecular weight excluding hydrogens is 260 g/mol. The zero-order valence-corrected chi connectivity index (χ0v) is 12.9. The molecule has 0 saturated carbocycles. The van der Waals surface area contributed by atoms with Gasteiger partial charge >= 0.3 is 0 Å². The summed E-state index contributed by atoms with van der Waals surface area (Å²) in [6.07, 6.45) is 1.09. The Morgan fingerprint density at radius 2 is 1.81 bits per heavy atom. The molecule has 2 aromatic rings. The molecule has 0 aliphatic carbocycles. The summed E-state index contributed by atoms with van der Waals surface area (Å²) in [5, 5.41) is 0. The molecule has 0 aliphatic rings. The third kappa shape index (κ3) is 4.42. The number of anilines is 2. The lowest BCUT2D eigenvalue weighted by molar-refractivity contribution is 0.340. The van der Waals surface area contributed by atoms with Gasteiger partial charge in [0.15, 0.2) is 0 Å². The van der Waals surface area contributed by atoms with Gasteiger partial charge in [-0.1, -0.05) is 37.3 Å². The van der Waals surface area contributed by atoms with Crippen LogP contribution >= 0.6 is 0 Å². The van der Waals surface area contributed by atoms with Gasteiger partial charge in [-0.3, -0.25) is 0 Å². The molecule has 2 aromatic carbocycles. The topological polar surface area (TPSA) is 38.5 Å². The van der Waals surface area contributed by atoms with Crippen LogP contribution in [0.1, 0.15) is 25.8 Å². The van der Waals surface area contributed by atoms with Crippen molar-refractivity contribution in [2.75, 3.05) is 23.8 Å². The van der Waals surface area contributed by atoms with Crippen LogP contribution in [0.5, 0.6) is 5.75 Å².